The first-order valence-corrected chi connectivity index (χ1v) is 14.5. The van der Waals surface area contributed by atoms with E-state index >= 15 is 0 Å². The quantitative estimate of drug-likeness (QED) is 0.167. The van der Waals surface area contributed by atoms with Gasteiger partial charge in [0, 0.05) is 6.42 Å². The predicted molar refractivity (Wildman–Crippen MR) is 161 cm³/mol. The zero-order valence-electron chi connectivity index (χ0n) is 23.8. The molecular formula is C36H38O6. The second-order valence-electron chi connectivity index (χ2n) is 10.4. The number of benzene rings is 4. The van der Waals surface area contributed by atoms with E-state index in [-0.39, 0.29) is 18.7 Å². The maximum Gasteiger partial charge on any atom is 0.306 e. The van der Waals surface area contributed by atoms with Crippen LogP contribution < -0.4 is 0 Å². The van der Waals surface area contributed by atoms with E-state index in [2.05, 4.69) is 0 Å². The molecule has 0 spiro atoms. The van der Waals surface area contributed by atoms with Crippen LogP contribution in [-0.2, 0) is 54.7 Å². The van der Waals surface area contributed by atoms with Gasteiger partial charge < -0.3 is 23.7 Å². The molecule has 1 saturated heterocycles. The molecule has 1 aliphatic rings. The summed E-state index contributed by atoms with van der Waals surface area (Å²) >= 11 is 0. The van der Waals surface area contributed by atoms with E-state index in [0.717, 1.165) is 22.3 Å². The van der Waals surface area contributed by atoms with Crippen LogP contribution in [-0.4, -0.2) is 43.6 Å². The van der Waals surface area contributed by atoms with Gasteiger partial charge in [-0.15, -0.1) is 0 Å². The lowest BCUT2D eigenvalue weighted by molar-refractivity contribution is -0.245. The molecule has 1 aliphatic heterocycles. The lowest BCUT2D eigenvalue weighted by atomic mass is 9.99. The Kier molecular flexibility index (Phi) is 11.3. The second kappa shape index (κ2) is 16.0. The highest BCUT2D eigenvalue weighted by molar-refractivity contribution is 5.69. The molecule has 0 aromatic heterocycles. The first kappa shape index (κ1) is 29.7. The van der Waals surface area contributed by atoms with Gasteiger partial charge in [-0.1, -0.05) is 121 Å². The van der Waals surface area contributed by atoms with E-state index in [0.29, 0.717) is 39.3 Å². The van der Waals surface area contributed by atoms with E-state index in [1.54, 1.807) is 0 Å². The SMILES string of the molecule is O=C(CCc1ccccc1)OC[C@H]1OC[C@H](OCc2ccccc2)[C@@H](OCc2ccccc2)[C@H]1OCc1ccccc1. The monoisotopic (exact) mass is 566 g/mol. The summed E-state index contributed by atoms with van der Waals surface area (Å²) in [6, 6.07) is 40.0. The van der Waals surface area contributed by atoms with Crippen molar-refractivity contribution in [2.75, 3.05) is 13.2 Å². The molecule has 4 atom stereocenters. The van der Waals surface area contributed by atoms with E-state index in [4.69, 9.17) is 23.7 Å². The zero-order chi connectivity index (χ0) is 28.8. The molecule has 4 aromatic carbocycles. The highest BCUT2D eigenvalue weighted by Crippen LogP contribution is 2.27. The summed E-state index contributed by atoms with van der Waals surface area (Å²) in [6.45, 7) is 1.55. The average Bonchev–Trinajstić information content (AvgIpc) is 3.06. The van der Waals surface area contributed by atoms with Crippen LogP contribution >= 0.6 is 0 Å². The molecule has 1 fully saturated rings. The van der Waals surface area contributed by atoms with E-state index in [9.17, 15) is 4.79 Å². The summed E-state index contributed by atoms with van der Waals surface area (Å²) in [4.78, 5) is 12.7. The number of aryl methyl sites for hydroxylation is 1. The normalized spacial score (nSPS) is 20.2. The van der Waals surface area contributed by atoms with Crippen molar-refractivity contribution in [1.82, 2.24) is 0 Å². The minimum absolute atomic E-state index is 0.0731. The molecule has 4 aromatic rings. The third kappa shape index (κ3) is 9.10. The lowest BCUT2D eigenvalue weighted by Crippen LogP contribution is -2.57. The molecule has 0 saturated carbocycles. The highest BCUT2D eigenvalue weighted by atomic mass is 16.6. The minimum Gasteiger partial charge on any atom is -0.463 e. The summed E-state index contributed by atoms with van der Waals surface area (Å²) < 4.78 is 31.4. The average molecular weight is 567 g/mol. The Bertz CT molecular complexity index is 1320. The van der Waals surface area contributed by atoms with Crippen molar-refractivity contribution in [2.24, 2.45) is 0 Å². The van der Waals surface area contributed by atoms with Gasteiger partial charge in [0.05, 0.1) is 26.4 Å². The van der Waals surface area contributed by atoms with Crippen molar-refractivity contribution in [3.63, 3.8) is 0 Å². The van der Waals surface area contributed by atoms with Gasteiger partial charge in [0.2, 0.25) is 0 Å². The lowest BCUT2D eigenvalue weighted by Gasteiger charge is -2.42. The van der Waals surface area contributed by atoms with Gasteiger partial charge in [-0.2, -0.15) is 0 Å². The second-order valence-corrected chi connectivity index (χ2v) is 10.4. The maximum atomic E-state index is 12.7. The number of esters is 1. The zero-order valence-corrected chi connectivity index (χ0v) is 23.8. The summed E-state index contributed by atoms with van der Waals surface area (Å²) in [5, 5.41) is 0. The van der Waals surface area contributed by atoms with Crippen LogP contribution in [0.3, 0.4) is 0 Å². The smallest absolute Gasteiger partial charge is 0.306 e. The first-order valence-electron chi connectivity index (χ1n) is 14.5. The summed E-state index contributed by atoms with van der Waals surface area (Å²) in [6.07, 6.45) is -0.934. The molecule has 5 rings (SSSR count). The van der Waals surface area contributed by atoms with E-state index in [1.807, 2.05) is 121 Å². The van der Waals surface area contributed by atoms with Gasteiger partial charge in [0.25, 0.3) is 0 Å². The molecular weight excluding hydrogens is 528 g/mol. The van der Waals surface area contributed by atoms with Gasteiger partial charge in [0.1, 0.15) is 31.0 Å². The number of rotatable bonds is 14. The Balaban J connectivity index is 1.29. The Morgan fingerprint density at radius 3 is 1.57 bits per heavy atom. The fourth-order valence-electron chi connectivity index (χ4n) is 4.97. The van der Waals surface area contributed by atoms with Gasteiger partial charge in [-0.25, -0.2) is 0 Å². The van der Waals surface area contributed by atoms with Crippen molar-refractivity contribution >= 4 is 5.97 Å². The molecule has 0 unspecified atom stereocenters. The van der Waals surface area contributed by atoms with Crippen molar-refractivity contribution in [1.29, 1.82) is 0 Å². The van der Waals surface area contributed by atoms with Crippen molar-refractivity contribution in [2.45, 2.75) is 57.1 Å². The molecule has 0 amide bonds. The van der Waals surface area contributed by atoms with Crippen LogP contribution in [0.1, 0.15) is 28.7 Å². The van der Waals surface area contributed by atoms with Crippen LogP contribution in [0.4, 0.5) is 0 Å². The van der Waals surface area contributed by atoms with Crippen molar-refractivity contribution < 1.29 is 28.5 Å². The fourth-order valence-corrected chi connectivity index (χ4v) is 4.97. The number of hydrogen-bond acceptors (Lipinski definition) is 6. The van der Waals surface area contributed by atoms with Gasteiger partial charge in [-0.05, 0) is 28.7 Å². The predicted octanol–water partition coefficient (Wildman–Crippen LogP) is 6.32. The molecule has 6 heteroatoms. The van der Waals surface area contributed by atoms with E-state index < -0.39 is 18.3 Å². The molecule has 1 heterocycles. The van der Waals surface area contributed by atoms with Gasteiger partial charge in [-0.3, -0.25) is 4.79 Å². The van der Waals surface area contributed by atoms with Crippen molar-refractivity contribution in [3.05, 3.63) is 144 Å². The summed E-state index contributed by atoms with van der Waals surface area (Å²) in [7, 11) is 0. The molecule has 42 heavy (non-hydrogen) atoms. The highest BCUT2D eigenvalue weighted by Gasteiger charge is 2.43. The van der Waals surface area contributed by atoms with Crippen LogP contribution in [0, 0.1) is 0 Å². The number of ether oxygens (including phenoxy) is 5. The molecule has 6 nitrogen and oxygen atoms in total. The molecule has 0 radical (unpaired) electrons. The van der Waals surface area contributed by atoms with Crippen molar-refractivity contribution in [3.8, 4) is 0 Å². The van der Waals surface area contributed by atoms with Crippen LogP contribution in [0.15, 0.2) is 121 Å². The van der Waals surface area contributed by atoms with Crippen LogP contribution in [0.2, 0.25) is 0 Å². The topological polar surface area (TPSA) is 63.2 Å². The third-order valence-electron chi connectivity index (χ3n) is 7.28. The maximum absolute atomic E-state index is 12.7. The minimum atomic E-state index is -0.523. The Morgan fingerprint density at radius 1 is 0.595 bits per heavy atom. The summed E-state index contributed by atoms with van der Waals surface area (Å²) in [5.41, 5.74) is 4.25. The van der Waals surface area contributed by atoms with Gasteiger partial charge in [0.15, 0.2) is 0 Å². The van der Waals surface area contributed by atoms with Gasteiger partial charge >= 0.3 is 5.97 Å². The van der Waals surface area contributed by atoms with E-state index in [1.165, 1.54) is 0 Å². The molecule has 0 N–H and O–H groups in total. The number of carbonyl (C=O) groups is 1. The van der Waals surface area contributed by atoms with Crippen LogP contribution in [0.5, 0.6) is 0 Å². The number of hydrogen-bond donors (Lipinski definition) is 0. The summed E-state index contributed by atoms with van der Waals surface area (Å²) in [5.74, 6) is -0.270. The first-order chi connectivity index (χ1) is 20.7. The fraction of sp³-hybridized carbons (Fsp3) is 0.306. The molecule has 218 valence electrons. The Morgan fingerprint density at radius 2 is 1.05 bits per heavy atom. The number of carbonyl (C=O) groups excluding carboxylic acids is 1. The molecule has 0 aliphatic carbocycles. The standard InChI is InChI=1S/C36H38O6/c37-34(22-21-28-13-5-1-6-14-28)40-27-33-36(42-25-31-19-11-4-12-20-31)35(41-24-30-17-9-3-10-18-30)32(26-39-33)38-23-29-15-7-2-8-16-29/h1-20,32-33,35-36H,21-27H2/t32-,33+,35+,36-/m0/s1. The largest absolute Gasteiger partial charge is 0.463 e. The molecule has 0 bridgehead atoms. The Labute approximate surface area is 248 Å². The van der Waals surface area contributed by atoms with Crippen LogP contribution in [0.25, 0.3) is 0 Å². The Hall–Kier alpha value is -3.81. The third-order valence-corrected chi connectivity index (χ3v) is 7.28.